The van der Waals surface area contributed by atoms with Gasteiger partial charge >= 0.3 is 6.03 Å². The summed E-state index contributed by atoms with van der Waals surface area (Å²) in [6, 6.07) is 5.69. The van der Waals surface area contributed by atoms with E-state index in [9.17, 15) is 14.0 Å². The second kappa shape index (κ2) is 6.34. The first kappa shape index (κ1) is 16.3. The van der Waals surface area contributed by atoms with E-state index >= 15 is 0 Å². The number of rotatable bonds is 3. The molecule has 1 aliphatic rings. The van der Waals surface area contributed by atoms with Gasteiger partial charge in [0.05, 0.1) is 6.04 Å². The number of halogens is 1. The van der Waals surface area contributed by atoms with Crippen LogP contribution in [0.4, 0.5) is 9.18 Å². The van der Waals surface area contributed by atoms with E-state index < -0.39 is 0 Å². The van der Waals surface area contributed by atoms with E-state index in [1.165, 1.54) is 12.1 Å². The van der Waals surface area contributed by atoms with Crippen LogP contribution in [0.15, 0.2) is 24.3 Å². The summed E-state index contributed by atoms with van der Waals surface area (Å²) in [5.41, 5.74) is 0.418. The van der Waals surface area contributed by atoms with Crippen molar-refractivity contribution >= 4 is 11.9 Å². The molecule has 0 spiro atoms. The molecule has 0 aromatic heterocycles. The number of carbonyl (C=O) groups excluding carboxylic acids is 2. The van der Waals surface area contributed by atoms with Crippen molar-refractivity contribution < 1.29 is 14.0 Å². The van der Waals surface area contributed by atoms with Crippen LogP contribution in [0.1, 0.15) is 32.8 Å². The highest BCUT2D eigenvalue weighted by Gasteiger charge is 2.31. The fraction of sp³-hybridized carbons (Fsp3) is 0.500. The predicted octanol–water partition coefficient (Wildman–Crippen LogP) is 2.02. The Labute approximate surface area is 129 Å². The monoisotopic (exact) mass is 307 g/mol. The molecule has 2 N–H and O–H groups in total. The van der Waals surface area contributed by atoms with E-state index in [2.05, 4.69) is 10.6 Å². The Morgan fingerprint density at radius 1 is 1.41 bits per heavy atom. The number of carbonyl (C=O) groups is 2. The standard InChI is InChI=1S/C16H22FN3O2/c1-16(2,3)19-15(22)18-13-8-14(21)20(10-13)9-11-5-4-6-12(17)7-11/h4-7,13H,8-10H2,1-3H3,(H2,18,19,22). The van der Waals surface area contributed by atoms with Crippen molar-refractivity contribution in [3.63, 3.8) is 0 Å². The van der Waals surface area contributed by atoms with Crippen molar-refractivity contribution in [3.05, 3.63) is 35.6 Å². The molecule has 1 aromatic carbocycles. The number of nitrogens with zero attached hydrogens (tertiary/aromatic N) is 1. The molecule has 0 saturated carbocycles. The van der Waals surface area contributed by atoms with Gasteiger partial charge in [0.15, 0.2) is 0 Å². The van der Waals surface area contributed by atoms with Gasteiger partial charge in [0.25, 0.3) is 0 Å². The summed E-state index contributed by atoms with van der Waals surface area (Å²) >= 11 is 0. The maximum Gasteiger partial charge on any atom is 0.315 e. The molecular formula is C16H22FN3O2. The minimum atomic E-state index is -0.325. The summed E-state index contributed by atoms with van der Waals surface area (Å²) < 4.78 is 13.2. The average Bonchev–Trinajstić information content (AvgIpc) is 2.66. The summed E-state index contributed by atoms with van der Waals surface area (Å²) in [6.07, 6.45) is 0.271. The smallest absolute Gasteiger partial charge is 0.315 e. The Bertz CT molecular complexity index is 569. The fourth-order valence-electron chi connectivity index (χ4n) is 2.44. The lowest BCUT2D eigenvalue weighted by Crippen LogP contribution is -2.50. The minimum Gasteiger partial charge on any atom is -0.336 e. The van der Waals surface area contributed by atoms with Crippen LogP contribution in [-0.4, -0.2) is 35.0 Å². The van der Waals surface area contributed by atoms with Crippen LogP contribution in [0.5, 0.6) is 0 Å². The Balaban J connectivity index is 1.89. The molecule has 120 valence electrons. The van der Waals surface area contributed by atoms with Gasteiger partial charge < -0.3 is 15.5 Å². The summed E-state index contributed by atoms with van der Waals surface area (Å²) in [4.78, 5) is 25.5. The third kappa shape index (κ3) is 4.72. The summed E-state index contributed by atoms with van der Waals surface area (Å²) in [5.74, 6) is -0.353. The number of urea groups is 1. The van der Waals surface area contributed by atoms with Gasteiger partial charge in [-0.1, -0.05) is 12.1 Å². The van der Waals surface area contributed by atoms with Gasteiger partial charge in [-0.25, -0.2) is 9.18 Å². The highest BCUT2D eigenvalue weighted by Crippen LogP contribution is 2.16. The van der Waals surface area contributed by atoms with Crippen molar-refractivity contribution in [1.82, 2.24) is 15.5 Å². The molecule has 0 radical (unpaired) electrons. The zero-order chi connectivity index (χ0) is 16.3. The molecule has 22 heavy (non-hydrogen) atoms. The van der Waals surface area contributed by atoms with E-state index in [1.807, 2.05) is 20.8 Å². The van der Waals surface area contributed by atoms with E-state index in [1.54, 1.807) is 17.0 Å². The quantitative estimate of drug-likeness (QED) is 0.897. The van der Waals surface area contributed by atoms with Gasteiger partial charge in [-0.2, -0.15) is 0 Å². The lowest BCUT2D eigenvalue weighted by molar-refractivity contribution is -0.128. The van der Waals surface area contributed by atoms with Crippen LogP contribution < -0.4 is 10.6 Å². The normalized spacial score (nSPS) is 18.5. The topological polar surface area (TPSA) is 61.4 Å². The highest BCUT2D eigenvalue weighted by molar-refractivity contribution is 5.81. The lowest BCUT2D eigenvalue weighted by Gasteiger charge is -2.22. The second-order valence-corrected chi connectivity index (χ2v) is 6.65. The van der Waals surface area contributed by atoms with Crippen LogP contribution in [0.3, 0.4) is 0 Å². The number of amides is 3. The fourth-order valence-corrected chi connectivity index (χ4v) is 2.44. The Morgan fingerprint density at radius 3 is 2.77 bits per heavy atom. The van der Waals surface area contributed by atoms with Gasteiger partial charge in [0.2, 0.25) is 5.91 Å². The molecule has 5 nitrogen and oxygen atoms in total. The van der Waals surface area contributed by atoms with E-state index in [-0.39, 0.29) is 35.8 Å². The molecule has 1 atom stereocenters. The number of hydrogen-bond donors (Lipinski definition) is 2. The van der Waals surface area contributed by atoms with Crippen molar-refractivity contribution in [2.45, 2.75) is 45.3 Å². The van der Waals surface area contributed by atoms with Gasteiger partial charge in [-0.15, -0.1) is 0 Å². The molecule has 2 rings (SSSR count). The summed E-state index contributed by atoms with van der Waals surface area (Å²) in [6.45, 7) is 6.47. The van der Waals surface area contributed by atoms with Crippen LogP contribution in [-0.2, 0) is 11.3 Å². The Morgan fingerprint density at radius 2 is 2.14 bits per heavy atom. The lowest BCUT2D eigenvalue weighted by atomic mass is 10.1. The van der Waals surface area contributed by atoms with Crippen molar-refractivity contribution in [3.8, 4) is 0 Å². The summed E-state index contributed by atoms with van der Waals surface area (Å²) in [5, 5.41) is 5.61. The second-order valence-electron chi connectivity index (χ2n) is 6.65. The van der Waals surface area contributed by atoms with Gasteiger partial charge in [0.1, 0.15) is 5.82 Å². The predicted molar refractivity (Wildman–Crippen MR) is 81.6 cm³/mol. The van der Waals surface area contributed by atoms with Crippen molar-refractivity contribution in [2.24, 2.45) is 0 Å². The molecule has 1 unspecified atom stereocenters. The van der Waals surface area contributed by atoms with E-state index in [4.69, 9.17) is 0 Å². The van der Waals surface area contributed by atoms with Crippen LogP contribution >= 0.6 is 0 Å². The van der Waals surface area contributed by atoms with E-state index in [0.717, 1.165) is 5.56 Å². The SMILES string of the molecule is CC(C)(C)NC(=O)NC1CC(=O)N(Cc2cccc(F)c2)C1. The summed E-state index contributed by atoms with van der Waals surface area (Å²) in [7, 11) is 0. The Kier molecular flexibility index (Phi) is 4.68. The first-order valence-corrected chi connectivity index (χ1v) is 7.34. The molecule has 0 aliphatic carbocycles. The molecule has 1 heterocycles. The average molecular weight is 307 g/mol. The molecule has 1 aromatic rings. The largest absolute Gasteiger partial charge is 0.336 e. The molecule has 0 bridgehead atoms. The maximum absolute atomic E-state index is 13.2. The highest BCUT2D eigenvalue weighted by atomic mass is 19.1. The third-order valence-electron chi connectivity index (χ3n) is 3.30. The van der Waals surface area contributed by atoms with Crippen LogP contribution in [0.25, 0.3) is 0 Å². The molecule has 1 aliphatic heterocycles. The maximum atomic E-state index is 13.2. The van der Waals surface area contributed by atoms with Crippen LogP contribution in [0.2, 0.25) is 0 Å². The van der Waals surface area contributed by atoms with Gasteiger partial charge in [-0.05, 0) is 38.5 Å². The molecule has 3 amide bonds. The molecular weight excluding hydrogens is 285 g/mol. The Hall–Kier alpha value is -2.11. The first-order valence-electron chi connectivity index (χ1n) is 7.34. The third-order valence-corrected chi connectivity index (χ3v) is 3.30. The van der Waals surface area contributed by atoms with Crippen molar-refractivity contribution in [2.75, 3.05) is 6.54 Å². The number of nitrogens with one attached hydrogen (secondary N) is 2. The number of benzene rings is 1. The number of likely N-dealkylation sites (tertiary alicyclic amines) is 1. The van der Waals surface area contributed by atoms with E-state index in [0.29, 0.717) is 13.1 Å². The number of hydrogen-bond acceptors (Lipinski definition) is 2. The molecule has 1 fully saturated rings. The zero-order valence-electron chi connectivity index (χ0n) is 13.1. The van der Waals surface area contributed by atoms with Crippen LogP contribution in [0, 0.1) is 5.82 Å². The minimum absolute atomic E-state index is 0.0367. The molecule has 1 saturated heterocycles. The van der Waals surface area contributed by atoms with Crippen molar-refractivity contribution in [1.29, 1.82) is 0 Å². The van der Waals surface area contributed by atoms with Gasteiger partial charge in [0, 0.05) is 25.0 Å². The first-order chi connectivity index (χ1) is 10.2. The molecule has 6 heteroatoms. The zero-order valence-corrected chi connectivity index (χ0v) is 13.1. The van der Waals surface area contributed by atoms with Gasteiger partial charge in [-0.3, -0.25) is 4.79 Å².